The highest BCUT2D eigenvalue weighted by Gasteiger charge is 2.19. The summed E-state index contributed by atoms with van der Waals surface area (Å²) in [6.07, 6.45) is 6.81. The Bertz CT molecular complexity index is 1580. The van der Waals surface area contributed by atoms with Gasteiger partial charge in [0.1, 0.15) is 29.8 Å². The topological polar surface area (TPSA) is 92.2 Å². The highest BCUT2D eigenvalue weighted by atomic mass is 32.1. The Morgan fingerprint density at radius 1 is 0.897 bits per heavy atom. The fourth-order valence-electron chi connectivity index (χ4n) is 4.73. The van der Waals surface area contributed by atoms with Crippen LogP contribution in [-0.2, 0) is 6.61 Å². The predicted molar refractivity (Wildman–Crippen MR) is 153 cm³/mol. The summed E-state index contributed by atoms with van der Waals surface area (Å²) in [4.78, 5) is 13.8. The molecular formula is C30H28FN5O2S. The zero-order valence-electron chi connectivity index (χ0n) is 21.2. The molecule has 0 unspecified atom stereocenters. The summed E-state index contributed by atoms with van der Waals surface area (Å²) >= 11 is 1.56. The van der Waals surface area contributed by atoms with E-state index in [1.165, 1.54) is 12.1 Å². The molecule has 0 aliphatic heterocycles. The van der Waals surface area contributed by atoms with Crippen molar-refractivity contribution in [3.8, 4) is 16.9 Å². The van der Waals surface area contributed by atoms with Crippen molar-refractivity contribution < 1.29 is 14.2 Å². The third-order valence-corrected chi connectivity index (χ3v) is 7.70. The molecule has 3 heterocycles. The molecular weight excluding hydrogens is 513 g/mol. The number of aromatic nitrogens is 3. The van der Waals surface area contributed by atoms with E-state index in [9.17, 15) is 9.50 Å². The summed E-state index contributed by atoms with van der Waals surface area (Å²) in [6, 6.07) is 20.6. The van der Waals surface area contributed by atoms with Crippen LogP contribution < -0.4 is 15.4 Å². The van der Waals surface area contributed by atoms with E-state index in [0.717, 1.165) is 69.4 Å². The van der Waals surface area contributed by atoms with Crippen molar-refractivity contribution in [3.63, 3.8) is 0 Å². The van der Waals surface area contributed by atoms with Gasteiger partial charge in [0.05, 0.1) is 22.5 Å². The molecule has 9 heteroatoms. The van der Waals surface area contributed by atoms with Gasteiger partial charge in [-0.1, -0.05) is 35.6 Å². The van der Waals surface area contributed by atoms with Crippen LogP contribution in [0.25, 0.3) is 21.3 Å². The molecule has 1 aliphatic rings. The number of aliphatic hydroxyl groups is 1. The molecule has 1 fully saturated rings. The van der Waals surface area contributed by atoms with Crippen molar-refractivity contribution in [1.29, 1.82) is 0 Å². The SMILES string of the molecule is O[C@H]1CC[C@H](Nc2cccc(Nc3nc4ccc(-c5cncc(OCc6cccc(F)c6)c5)cc4s3)n2)CC1. The monoisotopic (exact) mass is 541 g/mol. The average Bonchev–Trinajstić information content (AvgIpc) is 3.35. The number of aliphatic hydroxyl groups excluding tert-OH is 1. The number of ether oxygens (including phenoxy) is 1. The van der Waals surface area contributed by atoms with Gasteiger partial charge in [0.25, 0.3) is 0 Å². The molecule has 5 aromatic rings. The van der Waals surface area contributed by atoms with Crippen molar-refractivity contribution in [2.24, 2.45) is 0 Å². The second-order valence-electron chi connectivity index (χ2n) is 9.71. The van der Waals surface area contributed by atoms with Gasteiger partial charge < -0.3 is 20.5 Å². The normalized spacial score (nSPS) is 17.2. The minimum Gasteiger partial charge on any atom is -0.487 e. The molecule has 6 rings (SSSR count). The van der Waals surface area contributed by atoms with Crippen LogP contribution in [-0.4, -0.2) is 32.2 Å². The van der Waals surface area contributed by atoms with Gasteiger partial charge in [-0.15, -0.1) is 0 Å². The molecule has 1 saturated carbocycles. The number of hydrogen-bond acceptors (Lipinski definition) is 8. The zero-order chi connectivity index (χ0) is 26.6. The summed E-state index contributed by atoms with van der Waals surface area (Å²) < 4.78 is 20.4. The summed E-state index contributed by atoms with van der Waals surface area (Å²) in [6.45, 7) is 0.264. The van der Waals surface area contributed by atoms with Gasteiger partial charge in [-0.3, -0.25) is 4.98 Å². The third-order valence-electron chi connectivity index (χ3n) is 6.76. The predicted octanol–water partition coefficient (Wildman–Crippen LogP) is 6.93. The number of thiazole rings is 1. The van der Waals surface area contributed by atoms with E-state index >= 15 is 0 Å². The van der Waals surface area contributed by atoms with Crippen LogP contribution in [0.2, 0.25) is 0 Å². The van der Waals surface area contributed by atoms with Gasteiger partial charge in [-0.2, -0.15) is 0 Å². The van der Waals surface area contributed by atoms with Gasteiger partial charge in [-0.05, 0) is 79.3 Å². The van der Waals surface area contributed by atoms with Crippen LogP contribution in [0.4, 0.5) is 21.2 Å². The first-order chi connectivity index (χ1) is 19.1. The van der Waals surface area contributed by atoms with E-state index in [1.807, 2.05) is 42.5 Å². The number of nitrogens with zero attached hydrogens (tertiary/aromatic N) is 3. The molecule has 7 nitrogen and oxygen atoms in total. The third kappa shape index (κ3) is 6.32. The Morgan fingerprint density at radius 3 is 2.62 bits per heavy atom. The fourth-order valence-corrected chi connectivity index (χ4v) is 5.64. The maximum Gasteiger partial charge on any atom is 0.189 e. The summed E-state index contributed by atoms with van der Waals surface area (Å²) in [5.74, 6) is 1.88. The number of pyridine rings is 2. The smallest absolute Gasteiger partial charge is 0.189 e. The second kappa shape index (κ2) is 11.3. The molecule has 1 aliphatic carbocycles. The summed E-state index contributed by atoms with van der Waals surface area (Å²) in [5.41, 5.74) is 3.58. The molecule has 39 heavy (non-hydrogen) atoms. The molecule has 0 bridgehead atoms. The highest BCUT2D eigenvalue weighted by molar-refractivity contribution is 7.22. The Labute approximate surface area is 229 Å². The number of halogens is 1. The molecule has 0 amide bonds. The van der Waals surface area contributed by atoms with E-state index in [4.69, 9.17) is 14.7 Å². The van der Waals surface area contributed by atoms with Crippen molar-refractivity contribution in [3.05, 3.63) is 90.5 Å². The lowest BCUT2D eigenvalue weighted by atomic mass is 9.93. The van der Waals surface area contributed by atoms with E-state index in [2.05, 4.69) is 21.7 Å². The molecule has 0 radical (unpaired) electrons. The van der Waals surface area contributed by atoms with Crippen LogP contribution >= 0.6 is 11.3 Å². The number of hydrogen-bond donors (Lipinski definition) is 3. The lowest BCUT2D eigenvalue weighted by Gasteiger charge is -2.26. The minimum atomic E-state index is -0.282. The molecule has 2 aromatic carbocycles. The first kappa shape index (κ1) is 25.2. The first-order valence-corrected chi connectivity index (χ1v) is 13.8. The van der Waals surface area contributed by atoms with Gasteiger partial charge >= 0.3 is 0 Å². The lowest BCUT2D eigenvalue weighted by Crippen LogP contribution is -2.28. The van der Waals surface area contributed by atoms with Crippen molar-refractivity contribution in [2.75, 3.05) is 10.6 Å². The average molecular weight is 542 g/mol. The largest absolute Gasteiger partial charge is 0.487 e. The molecule has 0 atom stereocenters. The van der Waals surface area contributed by atoms with E-state index in [1.54, 1.807) is 29.8 Å². The number of benzene rings is 2. The van der Waals surface area contributed by atoms with Crippen molar-refractivity contribution >= 4 is 38.3 Å². The number of rotatable bonds is 8. The molecule has 198 valence electrons. The fraction of sp³-hybridized carbons (Fsp3) is 0.233. The first-order valence-electron chi connectivity index (χ1n) is 13.0. The van der Waals surface area contributed by atoms with Crippen LogP contribution in [0, 0.1) is 5.82 Å². The second-order valence-corrected chi connectivity index (χ2v) is 10.7. The van der Waals surface area contributed by atoms with Crippen LogP contribution in [0.5, 0.6) is 5.75 Å². The summed E-state index contributed by atoms with van der Waals surface area (Å²) in [5, 5.41) is 17.3. The number of nitrogens with one attached hydrogen (secondary N) is 2. The van der Waals surface area contributed by atoms with Gasteiger partial charge in [0, 0.05) is 17.8 Å². The quantitative estimate of drug-likeness (QED) is 0.196. The standard InChI is InChI=1S/C30H28FN5O2S/c31-22-4-1-3-19(13-22)18-38-25-14-21(16-32-17-25)20-7-12-26-27(15-20)39-30(34-26)36-29-6-2-5-28(35-29)33-23-8-10-24(37)11-9-23/h1-7,12-17,23-24,37H,8-11,18H2,(H2,33,34,35,36)/t23-,24-. The Hall–Kier alpha value is -4.08. The molecule has 0 spiro atoms. The molecule has 3 N–H and O–H groups in total. The van der Waals surface area contributed by atoms with Crippen LogP contribution in [0.3, 0.4) is 0 Å². The van der Waals surface area contributed by atoms with E-state index in [-0.39, 0.29) is 18.5 Å². The van der Waals surface area contributed by atoms with Gasteiger partial charge in [0.15, 0.2) is 5.13 Å². The maximum atomic E-state index is 13.5. The van der Waals surface area contributed by atoms with E-state index < -0.39 is 0 Å². The van der Waals surface area contributed by atoms with Crippen LogP contribution in [0.1, 0.15) is 31.2 Å². The zero-order valence-corrected chi connectivity index (χ0v) is 22.0. The van der Waals surface area contributed by atoms with Gasteiger partial charge in [0.2, 0.25) is 0 Å². The van der Waals surface area contributed by atoms with Crippen LogP contribution in [0.15, 0.2) is 79.1 Å². The Kier molecular flexibility index (Phi) is 7.33. The number of anilines is 3. The maximum absolute atomic E-state index is 13.5. The minimum absolute atomic E-state index is 0.177. The summed E-state index contributed by atoms with van der Waals surface area (Å²) in [7, 11) is 0. The molecule has 0 saturated heterocycles. The van der Waals surface area contributed by atoms with E-state index in [0.29, 0.717) is 11.8 Å². The lowest BCUT2D eigenvalue weighted by molar-refractivity contribution is 0.126. The Balaban J connectivity index is 1.14. The highest BCUT2D eigenvalue weighted by Crippen LogP contribution is 2.33. The van der Waals surface area contributed by atoms with Crippen molar-refractivity contribution in [1.82, 2.24) is 15.0 Å². The van der Waals surface area contributed by atoms with Crippen molar-refractivity contribution in [2.45, 2.75) is 44.4 Å². The molecule has 3 aromatic heterocycles. The number of fused-ring (bicyclic) bond motifs is 1. The van der Waals surface area contributed by atoms with Gasteiger partial charge in [-0.25, -0.2) is 14.4 Å². The Morgan fingerprint density at radius 2 is 1.74 bits per heavy atom.